The molecule has 1 aliphatic rings. The first-order valence-electron chi connectivity index (χ1n) is 9.14. The van der Waals surface area contributed by atoms with E-state index in [9.17, 15) is 13.2 Å². The van der Waals surface area contributed by atoms with Crippen molar-refractivity contribution in [2.75, 3.05) is 0 Å². The van der Waals surface area contributed by atoms with Gasteiger partial charge in [0, 0.05) is 11.4 Å². The maximum Gasteiger partial charge on any atom is 0.453 e. The molecule has 0 fully saturated rings. The molecule has 29 heavy (non-hydrogen) atoms. The monoisotopic (exact) mass is 416 g/mol. The van der Waals surface area contributed by atoms with Crippen molar-refractivity contribution < 1.29 is 13.2 Å². The van der Waals surface area contributed by atoms with Gasteiger partial charge < -0.3 is 0 Å². The minimum absolute atomic E-state index is 0.0485. The SMILES string of the molecule is FC(F)(F)c1nnc2ccc(Sc3nc4c(n3-c3ccccc3)CCCC4)nn12. The number of rotatable bonds is 3. The molecule has 1 aliphatic carbocycles. The van der Waals surface area contributed by atoms with Gasteiger partial charge in [-0.1, -0.05) is 18.2 Å². The Kier molecular flexibility index (Phi) is 4.30. The molecule has 0 bridgehead atoms. The fourth-order valence-electron chi connectivity index (χ4n) is 3.52. The molecule has 3 aromatic heterocycles. The number of imidazole rings is 1. The summed E-state index contributed by atoms with van der Waals surface area (Å²) >= 11 is 1.24. The fourth-order valence-corrected chi connectivity index (χ4v) is 4.43. The third-order valence-corrected chi connectivity index (χ3v) is 5.69. The molecule has 0 unspecified atom stereocenters. The molecule has 0 atom stereocenters. The second-order valence-electron chi connectivity index (χ2n) is 6.73. The zero-order chi connectivity index (χ0) is 20.0. The van der Waals surface area contributed by atoms with E-state index in [1.165, 1.54) is 17.8 Å². The Bertz CT molecular complexity index is 1180. The topological polar surface area (TPSA) is 60.9 Å². The lowest BCUT2D eigenvalue weighted by Crippen LogP contribution is -2.12. The van der Waals surface area contributed by atoms with E-state index in [1.54, 1.807) is 6.07 Å². The highest BCUT2D eigenvalue weighted by atomic mass is 32.2. The van der Waals surface area contributed by atoms with Gasteiger partial charge in [-0.3, -0.25) is 4.57 Å². The van der Waals surface area contributed by atoms with Gasteiger partial charge in [0.15, 0.2) is 10.8 Å². The van der Waals surface area contributed by atoms with Crippen LogP contribution in [0.1, 0.15) is 30.1 Å². The Labute approximate surface area is 167 Å². The number of alkyl halides is 3. The molecule has 148 valence electrons. The van der Waals surface area contributed by atoms with E-state index in [-0.39, 0.29) is 5.65 Å². The van der Waals surface area contributed by atoms with Crippen LogP contribution < -0.4 is 0 Å². The van der Waals surface area contributed by atoms with Gasteiger partial charge in [-0.2, -0.15) is 22.8 Å². The van der Waals surface area contributed by atoms with Crippen LogP contribution in [0.3, 0.4) is 0 Å². The number of hydrogen-bond donors (Lipinski definition) is 0. The molecule has 6 nitrogen and oxygen atoms in total. The number of fused-ring (bicyclic) bond motifs is 2. The van der Waals surface area contributed by atoms with Crippen LogP contribution in [0.2, 0.25) is 0 Å². The molecule has 3 heterocycles. The highest BCUT2D eigenvalue weighted by molar-refractivity contribution is 7.99. The zero-order valence-electron chi connectivity index (χ0n) is 15.1. The van der Waals surface area contributed by atoms with Gasteiger partial charge in [0.25, 0.3) is 5.82 Å². The number of aryl methyl sites for hydroxylation is 1. The van der Waals surface area contributed by atoms with E-state index in [0.29, 0.717) is 10.2 Å². The Balaban J connectivity index is 1.60. The van der Waals surface area contributed by atoms with Crippen molar-refractivity contribution in [2.45, 2.75) is 42.0 Å². The molecule has 0 saturated heterocycles. The molecule has 0 saturated carbocycles. The summed E-state index contributed by atoms with van der Waals surface area (Å²) in [6, 6.07) is 13.0. The Morgan fingerprint density at radius 3 is 2.52 bits per heavy atom. The van der Waals surface area contributed by atoms with Crippen LogP contribution in [0, 0.1) is 0 Å². The van der Waals surface area contributed by atoms with Crippen LogP contribution in [-0.2, 0) is 19.0 Å². The smallest absolute Gasteiger partial charge is 0.291 e. The molecule has 10 heteroatoms. The second-order valence-corrected chi connectivity index (χ2v) is 7.72. The third-order valence-electron chi connectivity index (χ3n) is 4.80. The zero-order valence-corrected chi connectivity index (χ0v) is 15.9. The van der Waals surface area contributed by atoms with Crippen molar-refractivity contribution in [2.24, 2.45) is 0 Å². The summed E-state index contributed by atoms with van der Waals surface area (Å²) in [7, 11) is 0. The van der Waals surface area contributed by atoms with Crippen molar-refractivity contribution in [3.8, 4) is 5.69 Å². The van der Waals surface area contributed by atoms with Gasteiger partial charge in [0.05, 0.1) is 5.69 Å². The molecule has 0 N–H and O–H groups in total. The molecule has 5 rings (SSSR count). The Morgan fingerprint density at radius 2 is 1.72 bits per heavy atom. The minimum Gasteiger partial charge on any atom is -0.291 e. The van der Waals surface area contributed by atoms with Crippen molar-refractivity contribution in [3.05, 3.63) is 59.7 Å². The lowest BCUT2D eigenvalue weighted by atomic mass is 10.0. The molecular weight excluding hydrogens is 401 g/mol. The number of nitrogens with zero attached hydrogens (tertiary/aromatic N) is 6. The molecule has 4 aromatic rings. The third kappa shape index (κ3) is 3.27. The van der Waals surface area contributed by atoms with Crippen molar-refractivity contribution in [1.29, 1.82) is 0 Å². The summed E-state index contributed by atoms with van der Waals surface area (Å²) in [4.78, 5) is 4.78. The molecule has 1 aromatic carbocycles. The van der Waals surface area contributed by atoms with Crippen LogP contribution in [-0.4, -0.2) is 29.4 Å². The Hall–Kier alpha value is -2.88. The van der Waals surface area contributed by atoms with Gasteiger partial charge >= 0.3 is 6.18 Å². The number of benzene rings is 1. The largest absolute Gasteiger partial charge is 0.453 e. The molecule has 0 radical (unpaired) electrons. The summed E-state index contributed by atoms with van der Waals surface area (Å²) in [5.74, 6) is -1.14. The van der Waals surface area contributed by atoms with E-state index in [0.717, 1.165) is 47.3 Å². The first kappa shape index (κ1) is 18.2. The molecule has 0 amide bonds. The predicted molar refractivity (Wildman–Crippen MR) is 100 cm³/mol. The first-order chi connectivity index (χ1) is 14.0. The maximum absolute atomic E-state index is 13.2. The highest BCUT2D eigenvalue weighted by Crippen LogP contribution is 2.34. The van der Waals surface area contributed by atoms with Crippen LogP contribution in [0.4, 0.5) is 13.2 Å². The lowest BCUT2D eigenvalue weighted by Gasteiger charge is -2.15. The van der Waals surface area contributed by atoms with E-state index in [4.69, 9.17) is 4.98 Å². The van der Waals surface area contributed by atoms with Crippen molar-refractivity contribution in [3.63, 3.8) is 0 Å². The average Bonchev–Trinajstić information content (AvgIpc) is 3.29. The minimum atomic E-state index is -4.63. The van der Waals surface area contributed by atoms with E-state index in [2.05, 4.69) is 19.9 Å². The van der Waals surface area contributed by atoms with E-state index < -0.39 is 12.0 Å². The van der Waals surface area contributed by atoms with E-state index >= 15 is 0 Å². The standard InChI is InChI=1S/C19H15F3N6S/c20-19(21,22)17-25-24-15-10-11-16(26-28(15)17)29-18-23-13-8-4-5-9-14(13)27(18)12-6-2-1-3-7-12/h1-3,6-7,10-11H,4-5,8-9H2. The average molecular weight is 416 g/mol. The van der Waals surface area contributed by atoms with Crippen LogP contribution in [0.25, 0.3) is 11.3 Å². The van der Waals surface area contributed by atoms with Gasteiger partial charge in [0.2, 0.25) is 0 Å². The van der Waals surface area contributed by atoms with Crippen LogP contribution in [0.5, 0.6) is 0 Å². The van der Waals surface area contributed by atoms with Crippen LogP contribution >= 0.6 is 11.8 Å². The van der Waals surface area contributed by atoms with Crippen molar-refractivity contribution in [1.82, 2.24) is 29.4 Å². The normalized spacial score (nSPS) is 14.3. The lowest BCUT2D eigenvalue weighted by molar-refractivity contribution is -0.146. The molecule has 0 aliphatic heterocycles. The molecular formula is C19H15F3N6S. The van der Waals surface area contributed by atoms with Gasteiger partial charge in [0.1, 0.15) is 5.03 Å². The van der Waals surface area contributed by atoms with Crippen LogP contribution in [0.15, 0.2) is 52.6 Å². The summed E-state index contributed by atoms with van der Waals surface area (Å²) in [5.41, 5.74) is 3.23. The van der Waals surface area contributed by atoms with Crippen molar-refractivity contribution >= 4 is 17.4 Å². The van der Waals surface area contributed by atoms with Gasteiger partial charge in [-0.25, -0.2) is 4.98 Å². The summed E-state index contributed by atoms with van der Waals surface area (Å²) < 4.78 is 42.3. The first-order valence-corrected chi connectivity index (χ1v) is 9.96. The van der Waals surface area contributed by atoms with Gasteiger partial charge in [-0.15, -0.1) is 10.2 Å². The second kappa shape index (κ2) is 6.87. The van der Waals surface area contributed by atoms with Gasteiger partial charge in [-0.05, 0) is 61.7 Å². The summed E-state index contributed by atoms with van der Waals surface area (Å²) in [6.45, 7) is 0. The number of hydrogen-bond acceptors (Lipinski definition) is 5. The maximum atomic E-state index is 13.2. The summed E-state index contributed by atoms with van der Waals surface area (Å²) in [5, 5.41) is 12.0. The Morgan fingerprint density at radius 1 is 0.931 bits per heavy atom. The highest BCUT2D eigenvalue weighted by Gasteiger charge is 2.37. The number of aromatic nitrogens is 6. The van der Waals surface area contributed by atoms with E-state index in [1.807, 2.05) is 30.3 Å². The number of halogens is 3. The fraction of sp³-hybridized carbons (Fsp3) is 0.263. The quantitative estimate of drug-likeness (QED) is 0.497. The molecule has 0 spiro atoms. The predicted octanol–water partition coefficient (Wildman–Crippen LogP) is 4.36. The summed E-state index contributed by atoms with van der Waals surface area (Å²) in [6.07, 6.45) is -0.623. The number of para-hydroxylation sites is 1.